The van der Waals surface area contributed by atoms with E-state index in [0.717, 1.165) is 78.3 Å². The molecule has 6 aromatic heterocycles. The van der Waals surface area contributed by atoms with Crippen molar-refractivity contribution in [3.63, 3.8) is 0 Å². The topological polar surface area (TPSA) is 61.4 Å². The molecule has 0 bridgehead atoms. The van der Waals surface area contributed by atoms with Crippen molar-refractivity contribution >= 4 is 43.7 Å². The number of rotatable bonds is 6. The SMILES string of the molecule is c1ccc(-n2c3ccccc3c3ccc(-c4ccc5c(c4)c4cccnc4n5-c4cccc(-c5cc(-c6ccccn6)nc(-c6ccccn6)c5)c4)cc32)cc1. The highest BCUT2D eigenvalue weighted by Crippen LogP contribution is 2.38. The van der Waals surface area contributed by atoms with Gasteiger partial charge in [0.15, 0.2) is 0 Å². The first-order chi connectivity index (χ1) is 27.8. The Kier molecular flexibility index (Phi) is 7.38. The third-order valence-corrected chi connectivity index (χ3v) is 10.7. The first kappa shape index (κ1) is 31.8. The predicted molar refractivity (Wildman–Crippen MR) is 228 cm³/mol. The van der Waals surface area contributed by atoms with E-state index in [2.05, 4.69) is 153 Å². The van der Waals surface area contributed by atoms with Gasteiger partial charge in [0.1, 0.15) is 5.65 Å². The Labute approximate surface area is 322 Å². The van der Waals surface area contributed by atoms with Crippen molar-refractivity contribution in [2.45, 2.75) is 0 Å². The molecule has 0 saturated carbocycles. The van der Waals surface area contributed by atoms with Crippen molar-refractivity contribution in [2.75, 3.05) is 0 Å². The zero-order valence-corrected chi connectivity index (χ0v) is 30.2. The largest absolute Gasteiger partial charge is 0.309 e. The number of hydrogen-bond donors (Lipinski definition) is 0. The van der Waals surface area contributed by atoms with Crippen molar-refractivity contribution in [3.8, 4) is 56.4 Å². The molecule has 262 valence electrons. The molecule has 0 amide bonds. The van der Waals surface area contributed by atoms with Crippen molar-refractivity contribution in [1.82, 2.24) is 29.1 Å². The van der Waals surface area contributed by atoms with Crippen LogP contribution in [0.3, 0.4) is 0 Å². The third-order valence-electron chi connectivity index (χ3n) is 10.7. The minimum absolute atomic E-state index is 0.794. The molecule has 0 unspecified atom stereocenters. The van der Waals surface area contributed by atoms with Crippen LogP contribution in [0, 0.1) is 0 Å². The van der Waals surface area contributed by atoms with Crippen molar-refractivity contribution < 1.29 is 0 Å². The third kappa shape index (κ3) is 5.27. The molecule has 0 N–H and O–H groups in total. The number of fused-ring (bicyclic) bond motifs is 6. The maximum absolute atomic E-state index is 4.99. The quantitative estimate of drug-likeness (QED) is 0.172. The standard InChI is InChI=1S/C50H32N6/c1-2-13-37(14-3-1)55-47-20-5-4-16-39(47)40-23-21-35(32-49(40)55)34-22-24-48-42(29-34)41-17-11-27-53-50(41)56(48)38-15-10-12-33(28-38)36-30-45(43-18-6-8-25-51-43)54-46(31-36)44-19-7-9-26-52-44/h1-32H. The lowest BCUT2D eigenvalue weighted by atomic mass is 10.0. The number of benzene rings is 5. The summed E-state index contributed by atoms with van der Waals surface area (Å²) in [6.07, 6.45) is 5.47. The maximum Gasteiger partial charge on any atom is 0.145 e. The van der Waals surface area contributed by atoms with E-state index < -0.39 is 0 Å². The molecule has 0 aliphatic rings. The molecule has 6 heterocycles. The Balaban J connectivity index is 1.06. The van der Waals surface area contributed by atoms with E-state index >= 15 is 0 Å². The summed E-state index contributed by atoms with van der Waals surface area (Å²) < 4.78 is 4.64. The molecule has 6 nitrogen and oxygen atoms in total. The van der Waals surface area contributed by atoms with Gasteiger partial charge in [0.25, 0.3) is 0 Å². The summed E-state index contributed by atoms with van der Waals surface area (Å²) in [5.41, 5.74) is 14.2. The summed E-state index contributed by atoms with van der Waals surface area (Å²) in [5, 5.41) is 4.74. The van der Waals surface area contributed by atoms with E-state index in [9.17, 15) is 0 Å². The highest BCUT2D eigenvalue weighted by atomic mass is 15.0. The van der Waals surface area contributed by atoms with Crippen LogP contribution in [0.5, 0.6) is 0 Å². The Hall–Kier alpha value is -7.70. The molecule has 0 fully saturated rings. The second-order valence-electron chi connectivity index (χ2n) is 14.0. The Bertz CT molecular complexity index is 3180. The van der Waals surface area contributed by atoms with Crippen molar-refractivity contribution in [2.24, 2.45) is 0 Å². The lowest BCUT2D eigenvalue weighted by molar-refractivity contribution is 1.14. The van der Waals surface area contributed by atoms with Crippen LogP contribution in [-0.2, 0) is 0 Å². The lowest BCUT2D eigenvalue weighted by Crippen LogP contribution is -1.97. The second kappa shape index (κ2) is 13.0. The number of para-hydroxylation sites is 2. The van der Waals surface area contributed by atoms with Gasteiger partial charge < -0.3 is 4.57 Å². The van der Waals surface area contributed by atoms with Crippen LogP contribution < -0.4 is 0 Å². The van der Waals surface area contributed by atoms with E-state index in [0.29, 0.717) is 0 Å². The van der Waals surface area contributed by atoms with Gasteiger partial charge >= 0.3 is 0 Å². The van der Waals surface area contributed by atoms with Crippen LogP contribution in [0.4, 0.5) is 0 Å². The summed E-state index contributed by atoms with van der Waals surface area (Å²) in [7, 11) is 0. The monoisotopic (exact) mass is 716 g/mol. The van der Waals surface area contributed by atoms with Gasteiger partial charge in [-0.3, -0.25) is 14.5 Å². The highest BCUT2D eigenvalue weighted by molar-refractivity contribution is 6.12. The van der Waals surface area contributed by atoms with Gasteiger partial charge in [-0.2, -0.15) is 0 Å². The lowest BCUT2D eigenvalue weighted by Gasteiger charge is -2.12. The van der Waals surface area contributed by atoms with Gasteiger partial charge in [-0.25, -0.2) is 9.97 Å². The Morgan fingerprint density at radius 1 is 0.304 bits per heavy atom. The van der Waals surface area contributed by atoms with Crippen molar-refractivity contribution in [3.05, 3.63) is 195 Å². The number of nitrogens with zero attached hydrogens (tertiary/aromatic N) is 6. The van der Waals surface area contributed by atoms with Crippen LogP contribution >= 0.6 is 0 Å². The molecular weight excluding hydrogens is 685 g/mol. The molecule has 0 spiro atoms. The normalized spacial score (nSPS) is 11.6. The highest BCUT2D eigenvalue weighted by Gasteiger charge is 2.18. The minimum atomic E-state index is 0.794. The van der Waals surface area contributed by atoms with E-state index in [4.69, 9.17) is 9.97 Å². The molecule has 11 aromatic rings. The fraction of sp³-hybridized carbons (Fsp3) is 0. The van der Waals surface area contributed by atoms with Gasteiger partial charge in [-0.05, 0) is 119 Å². The summed E-state index contributed by atoms with van der Waals surface area (Å²) in [4.78, 5) is 19.2. The van der Waals surface area contributed by atoms with Crippen molar-refractivity contribution in [1.29, 1.82) is 0 Å². The molecular formula is C50H32N6. The van der Waals surface area contributed by atoms with Crippen LogP contribution in [0.15, 0.2) is 195 Å². The summed E-state index contributed by atoms with van der Waals surface area (Å²) in [6.45, 7) is 0. The molecule has 0 aliphatic heterocycles. The van der Waals surface area contributed by atoms with Gasteiger partial charge in [-0.1, -0.05) is 78.9 Å². The maximum atomic E-state index is 4.99. The number of hydrogen-bond acceptors (Lipinski definition) is 4. The minimum Gasteiger partial charge on any atom is -0.309 e. The molecule has 6 heteroatoms. The van der Waals surface area contributed by atoms with Gasteiger partial charge in [0, 0.05) is 51.5 Å². The number of pyridine rings is 4. The van der Waals surface area contributed by atoms with Gasteiger partial charge in [0.2, 0.25) is 0 Å². The fourth-order valence-corrected chi connectivity index (χ4v) is 8.11. The molecule has 11 rings (SSSR count). The molecule has 0 aliphatic carbocycles. The zero-order valence-electron chi connectivity index (χ0n) is 30.2. The Morgan fingerprint density at radius 2 is 0.929 bits per heavy atom. The molecule has 56 heavy (non-hydrogen) atoms. The summed E-state index contributed by atoms with van der Waals surface area (Å²) in [5.74, 6) is 0. The van der Waals surface area contributed by atoms with Gasteiger partial charge in [-0.15, -0.1) is 0 Å². The van der Waals surface area contributed by atoms with E-state index in [1.165, 1.54) is 21.8 Å². The van der Waals surface area contributed by atoms with Crippen LogP contribution in [0.1, 0.15) is 0 Å². The van der Waals surface area contributed by atoms with E-state index in [1.807, 2.05) is 48.7 Å². The predicted octanol–water partition coefficient (Wildman–Crippen LogP) is 12.1. The van der Waals surface area contributed by atoms with Gasteiger partial charge in [0.05, 0.1) is 39.3 Å². The zero-order chi connectivity index (χ0) is 37.0. The van der Waals surface area contributed by atoms with Crippen LogP contribution in [-0.4, -0.2) is 29.1 Å². The molecule has 0 atom stereocenters. The first-order valence-electron chi connectivity index (χ1n) is 18.7. The molecule has 5 aromatic carbocycles. The average Bonchev–Trinajstić information content (AvgIpc) is 3.79. The number of aromatic nitrogens is 6. The molecule has 0 radical (unpaired) electrons. The van der Waals surface area contributed by atoms with Crippen LogP contribution in [0.25, 0.3) is 100 Å². The summed E-state index contributed by atoms with van der Waals surface area (Å²) >= 11 is 0. The van der Waals surface area contributed by atoms with E-state index in [1.54, 1.807) is 12.4 Å². The smallest absolute Gasteiger partial charge is 0.145 e. The Morgan fingerprint density at radius 3 is 1.71 bits per heavy atom. The van der Waals surface area contributed by atoms with E-state index in [-0.39, 0.29) is 0 Å². The summed E-state index contributed by atoms with van der Waals surface area (Å²) in [6, 6.07) is 61.8. The molecule has 0 saturated heterocycles. The average molecular weight is 717 g/mol. The fourth-order valence-electron chi connectivity index (χ4n) is 8.11. The van der Waals surface area contributed by atoms with Crippen LogP contribution in [0.2, 0.25) is 0 Å². The second-order valence-corrected chi connectivity index (χ2v) is 14.0. The first-order valence-corrected chi connectivity index (χ1v) is 18.7.